The summed E-state index contributed by atoms with van der Waals surface area (Å²) in [5.74, 6) is -0.0468. The van der Waals surface area contributed by atoms with Gasteiger partial charge in [0, 0.05) is 14.8 Å². The van der Waals surface area contributed by atoms with Gasteiger partial charge in [0.05, 0.1) is 0 Å². The van der Waals surface area contributed by atoms with Gasteiger partial charge in [-0.3, -0.25) is 4.79 Å². The molecular weight excluding hydrogens is 289 g/mol. The van der Waals surface area contributed by atoms with Crippen LogP contribution in [0.1, 0.15) is 13.8 Å². The molecule has 0 unspecified atom stereocenters. The number of allylic oxidation sites excluding steroid dienone is 1. The molecule has 0 aliphatic rings. The van der Waals surface area contributed by atoms with Crippen molar-refractivity contribution in [3.05, 3.63) is 39.5 Å². The summed E-state index contributed by atoms with van der Waals surface area (Å²) in [6.07, 6.45) is 1.79. The topological polar surface area (TPSA) is 29.1 Å². The first kappa shape index (κ1) is 11.2. The van der Waals surface area contributed by atoms with E-state index in [9.17, 15) is 4.79 Å². The molecule has 74 valence electrons. The predicted octanol–water partition coefficient (Wildman–Crippen LogP) is 3.20. The fraction of sp³-hybridized carbons (Fsp3) is 0.182. The van der Waals surface area contributed by atoms with Gasteiger partial charge in [0.2, 0.25) is 0 Å². The van der Waals surface area contributed by atoms with E-state index in [1.54, 1.807) is 13.0 Å². The van der Waals surface area contributed by atoms with Gasteiger partial charge in [-0.2, -0.15) is 0 Å². The van der Waals surface area contributed by atoms with Crippen LogP contribution in [0.2, 0.25) is 0 Å². The molecule has 1 amide bonds. The molecule has 0 aliphatic carbocycles. The van der Waals surface area contributed by atoms with Gasteiger partial charge in [0.1, 0.15) is 0 Å². The van der Waals surface area contributed by atoms with Crippen molar-refractivity contribution in [2.45, 2.75) is 13.8 Å². The van der Waals surface area contributed by atoms with Gasteiger partial charge in [0.15, 0.2) is 0 Å². The van der Waals surface area contributed by atoms with Gasteiger partial charge in [-0.05, 0) is 54.6 Å². The number of benzene rings is 1. The molecule has 0 aliphatic heterocycles. The maximum atomic E-state index is 11.5. The number of amides is 1. The highest BCUT2D eigenvalue weighted by molar-refractivity contribution is 14.1. The predicted molar refractivity (Wildman–Crippen MR) is 67.2 cm³/mol. The number of carbonyl (C=O) groups excluding carboxylic acids is 1. The van der Waals surface area contributed by atoms with Gasteiger partial charge >= 0.3 is 0 Å². The summed E-state index contributed by atoms with van der Waals surface area (Å²) in [6, 6.07) is 7.71. The smallest absolute Gasteiger partial charge is 0.250 e. The monoisotopic (exact) mass is 301 g/mol. The Labute approximate surface area is 97.5 Å². The maximum absolute atomic E-state index is 11.5. The molecule has 0 heterocycles. The van der Waals surface area contributed by atoms with Crippen molar-refractivity contribution in [1.82, 2.24) is 0 Å². The molecule has 3 heteroatoms. The standard InChI is InChI=1S/C11H12INO/c1-3-8(2)11(14)13-10-6-4-5-9(12)7-10/h3-7H,1-2H3,(H,13,14)/b8-3+. The molecule has 14 heavy (non-hydrogen) atoms. The third kappa shape index (κ3) is 3.14. The van der Waals surface area contributed by atoms with Gasteiger partial charge < -0.3 is 5.32 Å². The van der Waals surface area contributed by atoms with Crippen molar-refractivity contribution in [1.29, 1.82) is 0 Å². The molecule has 0 saturated carbocycles. The lowest BCUT2D eigenvalue weighted by Crippen LogP contribution is -2.12. The quantitative estimate of drug-likeness (QED) is 0.659. The summed E-state index contributed by atoms with van der Waals surface area (Å²) in [7, 11) is 0. The molecule has 1 aromatic rings. The number of nitrogens with one attached hydrogen (secondary N) is 1. The zero-order valence-corrected chi connectivity index (χ0v) is 10.3. The summed E-state index contributed by atoms with van der Waals surface area (Å²) < 4.78 is 1.11. The minimum Gasteiger partial charge on any atom is -0.322 e. The van der Waals surface area contributed by atoms with Crippen molar-refractivity contribution < 1.29 is 4.79 Å². The lowest BCUT2D eigenvalue weighted by atomic mass is 10.2. The van der Waals surface area contributed by atoms with Crippen LogP contribution in [0, 0.1) is 3.57 Å². The van der Waals surface area contributed by atoms with Crippen molar-refractivity contribution in [3.8, 4) is 0 Å². The van der Waals surface area contributed by atoms with Gasteiger partial charge in [-0.15, -0.1) is 0 Å². The van der Waals surface area contributed by atoms with Crippen LogP contribution in [0.5, 0.6) is 0 Å². The minimum atomic E-state index is -0.0468. The lowest BCUT2D eigenvalue weighted by molar-refractivity contribution is -0.112. The SMILES string of the molecule is C/C=C(\C)C(=O)Nc1cccc(I)c1. The van der Waals surface area contributed by atoms with Crippen LogP contribution in [0.25, 0.3) is 0 Å². The molecule has 0 radical (unpaired) electrons. The van der Waals surface area contributed by atoms with E-state index in [2.05, 4.69) is 27.9 Å². The van der Waals surface area contributed by atoms with Gasteiger partial charge in [-0.25, -0.2) is 0 Å². The Morgan fingerprint density at radius 3 is 2.79 bits per heavy atom. The van der Waals surface area contributed by atoms with Crippen molar-refractivity contribution >= 4 is 34.2 Å². The zero-order chi connectivity index (χ0) is 10.6. The van der Waals surface area contributed by atoms with Crippen molar-refractivity contribution in [2.24, 2.45) is 0 Å². The number of rotatable bonds is 2. The van der Waals surface area contributed by atoms with Crippen LogP contribution in [0.15, 0.2) is 35.9 Å². The summed E-state index contributed by atoms with van der Waals surface area (Å²) in [4.78, 5) is 11.5. The number of halogens is 1. The molecule has 2 nitrogen and oxygen atoms in total. The number of carbonyl (C=O) groups is 1. The molecular formula is C11H12INO. The van der Waals surface area contributed by atoms with E-state index in [1.807, 2.05) is 31.2 Å². The van der Waals surface area contributed by atoms with Crippen LogP contribution in [-0.4, -0.2) is 5.91 Å². The Morgan fingerprint density at radius 1 is 1.50 bits per heavy atom. The Morgan fingerprint density at radius 2 is 2.21 bits per heavy atom. The van der Waals surface area contributed by atoms with E-state index < -0.39 is 0 Å². The number of hydrogen-bond donors (Lipinski definition) is 1. The maximum Gasteiger partial charge on any atom is 0.250 e. The van der Waals surface area contributed by atoms with Crippen LogP contribution in [0.4, 0.5) is 5.69 Å². The molecule has 1 rings (SSSR count). The van der Waals surface area contributed by atoms with Crippen LogP contribution >= 0.6 is 22.6 Å². The van der Waals surface area contributed by atoms with E-state index in [0.717, 1.165) is 14.8 Å². The fourth-order valence-electron chi connectivity index (χ4n) is 0.927. The molecule has 0 fully saturated rings. The zero-order valence-electron chi connectivity index (χ0n) is 8.17. The van der Waals surface area contributed by atoms with E-state index in [0.29, 0.717) is 0 Å². The van der Waals surface area contributed by atoms with Crippen LogP contribution in [-0.2, 0) is 4.79 Å². The largest absolute Gasteiger partial charge is 0.322 e. The molecule has 1 N–H and O–H groups in total. The van der Waals surface area contributed by atoms with Crippen molar-refractivity contribution in [2.75, 3.05) is 5.32 Å². The highest BCUT2D eigenvalue weighted by atomic mass is 127. The Balaban J connectivity index is 2.75. The van der Waals surface area contributed by atoms with E-state index >= 15 is 0 Å². The highest BCUT2D eigenvalue weighted by Gasteiger charge is 2.02. The van der Waals surface area contributed by atoms with E-state index in [1.165, 1.54) is 0 Å². The summed E-state index contributed by atoms with van der Waals surface area (Å²) in [5, 5.41) is 2.82. The second kappa shape index (κ2) is 5.14. The van der Waals surface area contributed by atoms with E-state index in [4.69, 9.17) is 0 Å². The van der Waals surface area contributed by atoms with E-state index in [-0.39, 0.29) is 5.91 Å². The summed E-state index contributed by atoms with van der Waals surface area (Å²) >= 11 is 2.21. The van der Waals surface area contributed by atoms with Crippen LogP contribution < -0.4 is 5.32 Å². The first-order valence-corrected chi connectivity index (χ1v) is 5.41. The summed E-state index contributed by atoms with van der Waals surface area (Å²) in [6.45, 7) is 3.65. The Kier molecular flexibility index (Phi) is 4.13. The van der Waals surface area contributed by atoms with Crippen LogP contribution in [0.3, 0.4) is 0 Å². The molecule has 0 bridgehead atoms. The lowest BCUT2D eigenvalue weighted by Gasteiger charge is -2.04. The highest BCUT2D eigenvalue weighted by Crippen LogP contribution is 2.13. The van der Waals surface area contributed by atoms with Gasteiger partial charge in [0.25, 0.3) is 5.91 Å². The van der Waals surface area contributed by atoms with Crippen molar-refractivity contribution in [3.63, 3.8) is 0 Å². The number of anilines is 1. The molecule has 0 aromatic heterocycles. The first-order chi connectivity index (χ1) is 6.63. The molecule has 0 spiro atoms. The van der Waals surface area contributed by atoms with Gasteiger partial charge in [-0.1, -0.05) is 12.1 Å². The Hall–Kier alpha value is -0.840. The summed E-state index contributed by atoms with van der Waals surface area (Å²) in [5.41, 5.74) is 1.56. The third-order valence-corrected chi connectivity index (χ3v) is 2.54. The first-order valence-electron chi connectivity index (χ1n) is 4.33. The average molecular weight is 301 g/mol. The fourth-order valence-corrected chi connectivity index (χ4v) is 1.47. The second-order valence-electron chi connectivity index (χ2n) is 2.94. The molecule has 0 saturated heterocycles. The average Bonchev–Trinajstić information content (AvgIpc) is 2.16. The molecule has 0 atom stereocenters. The third-order valence-electron chi connectivity index (χ3n) is 1.87. The normalized spacial score (nSPS) is 11.2. The minimum absolute atomic E-state index is 0.0468. The number of hydrogen-bond acceptors (Lipinski definition) is 1. The molecule has 1 aromatic carbocycles. The Bertz CT molecular complexity index is 371. The second-order valence-corrected chi connectivity index (χ2v) is 4.18.